The number of anilines is 1. The molecular formula is C16H16N4O3. The first-order valence-electron chi connectivity index (χ1n) is 7.30. The van der Waals surface area contributed by atoms with Crippen molar-refractivity contribution in [3.8, 4) is 0 Å². The Morgan fingerprint density at radius 2 is 2.13 bits per heavy atom. The summed E-state index contributed by atoms with van der Waals surface area (Å²) in [4.78, 5) is 27.6. The summed E-state index contributed by atoms with van der Waals surface area (Å²) in [6.07, 6.45) is 2.47. The Hall–Kier alpha value is -2.96. The lowest BCUT2D eigenvalue weighted by molar-refractivity contribution is 0.0693. The molecule has 1 atom stereocenters. The first kappa shape index (κ1) is 15.0. The van der Waals surface area contributed by atoms with E-state index in [-0.39, 0.29) is 11.6 Å². The highest BCUT2D eigenvalue weighted by molar-refractivity contribution is 5.99. The van der Waals surface area contributed by atoms with Crippen molar-refractivity contribution >= 4 is 17.4 Å². The summed E-state index contributed by atoms with van der Waals surface area (Å²) in [6, 6.07) is 9.33. The predicted octanol–water partition coefficient (Wildman–Crippen LogP) is 2.11. The minimum Gasteiger partial charge on any atom is -0.477 e. The summed E-state index contributed by atoms with van der Waals surface area (Å²) in [6.45, 7) is 1.87. The maximum atomic E-state index is 12.4. The van der Waals surface area contributed by atoms with Gasteiger partial charge in [0.1, 0.15) is 11.3 Å². The lowest BCUT2D eigenvalue weighted by Gasteiger charge is -2.25. The number of aromatic nitrogens is 2. The van der Waals surface area contributed by atoms with Crippen molar-refractivity contribution in [2.75, 3.05) is 5.43 Å². The van der Waals surface area contributed by atoms with Crippen LogP contribution in [-0.2, 0) is 0 Å². The van der Waals surface area contributed by atoms with Crippen LogP contribution in [0.5, 0.6) is 0 Å². The van der Waals surface area contributed by atoms with Crippen molar-refractivity contribution in [1.29, 1.82) is 0 Å². The van der Waals surface area contributed by atoms with Crippen LogP contribution in [0.3, 0.4) is 0 Å². The van der Waals surface area contributed by atoms with Gasteiger partial charge < -0.3 is 5.11 Å². The second-order valence-corrected chi connectivity index (χ2v) is 5.40. The Kier molecular flexibility index (Phi) is 3.92. The average molecular weight is 312 g/mol. The first-order valence-corrected chi connectivity index (χ1v) is 7.30. The monoisotopic (exact) mass is 312 g/mol. The van der Waals surface area contributed by atoms with Crippen molar-refractivity contribution in [2.24, 2.45) is 5.10 Å². The lowest BCUT2D eigenvalue weighted by atomic mass is 10.0. The number of hydrogen-bond donors (Lipinski definition) is 2. The van der Waals surface area contributed by atoms with Crippen LogP contribution in [0.15, 0.2) is 46.4 Å². The van der Waals surface area contributed by atoms with Crippen LogP contribution in [0, 0.1) is 0 Å². The van der Waals surface area contributed by atoms with E-state index >= 15 is 0 Å². The van der Waals surface area contributed by atoms with E-state index in [1.165, 1.54) is 4.57 Å². The molecule has 0 bridgehead atoms. The number of benzene rings is 1. The molecule has 1 aromatic heterocycles. The second-order valence-electron chi connectivity index (χ2n) is 5.40. The molecule has 0 aliphatic carbocycles. The Bertz CT molecular complexity index is 827. The third-order valence-electron chi connectivity index (χ3n) is 3.82. The third kappa shape index (κ3) is 2.85. The van der Waals surface area contributed by atoms with Crippen molar-refractivity contribution in [3.63, 3.8) is 0 Å². The fourth-order valence-electron chi connectivity index (χ4n) is 2.58. The van der Waals surface area contributed by atoms with E-state index < -0.39 is 11.5 Å². The molecule has 1 aromatic carbocycles. The largest absolute Gasteiger partial charge is 0.477 e. The highest BCUT2D eigenvalue weighted by Crippen LogP contribution is 2.22. The number of carbonyl (C=O) groups is 1. The van der Waals surface area contributed by atoms with Crippen LogP contribution in [0.25, 0.3) is 0 Å². The van der Waals surface area contributed by atoms with Crippen molar-refractivity contribution in [1.82, 2.24) is 9.55 Å². The molecule has 2 aromatic rings. The SMILES string of the molecule is C[C@H]1CC/C(=N\Nc2ccccc2)c2ncc(C(=O)O)c(=O)n21. The molecule has 2 heterocycles. The van der Waals surface area contributed by atoms with Gasteiger partial charge in [-0.1, -0.05) is 18.2 Å². The molecular weight excluding hydrogens is 296 g/mol. The van der Waals surface area contributed by atoms with E-state index in [9.17, 15) is 9.59 Å². The molecule has 0 saturated carbocycles. The van der Waals surface area contributed by atoms with E-state index in [0.29, 0.717) is 24.4 Å². The molecule has 0 fully saturated rings. The predicted molar refractivity (Wildman–Crippen MR) is 86.0 cm³/mol. The topological polar surface area (TPSA) is 96.6 Å². The Balaban J connectivity index is 2.01. The van der Waals surface area contributed by atoms with Gasteiger partial charge in [-0.05, 0) is 31.9 Å². The number of hydrogen-bond acceptors (Lipinski definition) is 5. The molecule has 0 spiro atoms. The molecule has 1 aliphatic rings. The maximum absolute atomic E-state index is 12.4. The van der Waals surface area contributed by atoms with Gasteiger partial charge >= 0.3 is 5.97 Å². The van der Waals surface area contributed by atoms with Crippen LogP contribution in [0.2, 0.25) is 0 Å². The summed E-state index contributed by atoms with van der Waals surface area (Å²) in [7, 11) is 0. The first-order chi connectivity index (χ1) is 11.1. The van der Waals surface area contributed by atoms with E-state index in [2.05, 4.69) is 15.5 Å². The molecule has 0 unspecified atom stereocenters. The minimum atomic E-state index is -1.27. The normalized spacial score (nSPS) is 18.5. The van der Waals surface area contributed by atoms with Gasteiger partial charge in [0.25, 0.3) is 5.56 Å². The van der Waals surface area contributed by atoms with Crippen LogP contribution in [-0.4, -0.2) is 26.3 Å². The number of fused-ring (bicyclic) bond motifs is 1. The van der Waals surface area contributed by atoms with Gasteiger partial charge in [-0.2, -0.15) is 5.10 Å². The van der Waals surface area contributed by atoms with Gasteiger partial charge in [0.2, 0.25) is 0 Å². The molecule has 3 rings (SSSR count). The van der Waals surface area contributed by atoms with E-state index in [4.69, 9.17) is 5.11 Å². The van der Waals surface area contributed by atoms with Crippen LogP contribution in [0.1, 0.15) is 42.0 Å². The zero-order chi connectivity index (χ0) is 16.4. The number of aromatic carboxylic acids is 1. The number of carboxylic acids is 1. The highest BCUT2D eigenvalue weighted by Gasteiger charge is 2.26. The number of para-hydroxylation sites is 1. The third-order valence-corrected chi connectivity index (χ3v) is 3.82. The Morgan fingerprint density at radius 3 is 2.83 bits per heavy atom. The van der Waals surface area contributed by atoms with Crippen LogP contribution in [0.4, 0.5) is 5.69 Å². The standard InChI is InChI=1S/C16H16N4O3/c1-10-7-8-13(19-18-11-5-3-2-4-6-11)14-17-9-12(16(22)23)15(21)20(10)14/h2-6,9-10,18H,7-8H2,1H3,(H,22,23)/b19-13+/t10-/m0/s1. The Labute approximate surface area is 132 Å². The van der Waals surface area contributed by atoms with Gasteiger partial charge in [-0.15, -0.1) is 0 Å². The van der Waals surface area contributed by atoms with Gasteiger partial charge in [0.15, 0.2) is 5.82 Å². The van der Waals surface area contributed by atoms with Crippen LogP contribution < -0.4 is 11.0 Å². The zero-order valence-electron chi connectivity index (χ0n) is 12.6. The summed E-state index contributed by atoms with van der Waals surface area (Å²) >= 11 is 0. The van der Waals surface area contributed by atoms with E-state index in [1.807, 2.05) is 37.3 Å². The molecule has 23 heavy (non-hydrogen) atoms. The van der Waals surface area contributed by atoms with E-state index in [0.717, 1.165) is 11.9 Å². The molecule has 1 aliphatic heterocycles. The van der Waals surface area contributed by atoms with Gasteiger partial charge in [0.05, 0.1) is 5.69 Å². The fourth-order valence-corrected chi connectivity index (χ4v) is 2.58. The summed E-state index contributed by atoms with van der Waals surface area (Å²) in [5, 5.41) is 13.4. The lowest BCUT2D eigenvalue weighted by Crippen LogP contribution is -2.37. The average Bonchev–Trinajstić information content (AvgIpc) is 2.55. The number of rotatable bonds is 3. The van der Waals surface area contributed by atoms with Gasteiger partial charge in [-0.25, -0.2) is 9.78 Å². The van der Waals surface area contributed by atoms with Crippen molar-refractivity contribution < 1.29 is 9.90 Å². The van der Waals surface area contributed by atoms with Gasteiger partial charge in [0, 0.05) is 12.2 Å². The molecule has 118 valence electrons. The smallest absolute Gasteiger partial charge is 0.342 e. The van der Waals surface area contributed by atoms with Crippen molar-refractivity contribution in [3.05, 3.63) is 58.3 Å². The summed E-state index contributed by atoms with van der Waals surface area (Å²) < 4.78 is 1.42. The second kappa shape index (κ2) is 6.04. The summed E-state index contributed by atoms with van der Waals surface area (Å²) in [5.41, 5.74) is 3.55. The molecule has 0 saturated heterocycles. The number of nitrogens with zero attached hydrogens (tertiary/aromatic N) is 3. The molecule has 0 amide bonds. The minimum absolute atomic E-state index is 0.111. The maximum Gasteiger partial charge on any atom is 0.342 e. The number of carboxylic acid groups (broad SMARTS) is 1. The quantitative estimate of drug-likeness (QED) is 0.846. The number of hydrazone groups is 1. The molecule has 2 N–H and O–H groups in total. The van der Waals surface area contributed by atoms with E-state index in [1.54, 1.807) is 0 Å². The van der Waals surface area contributed by atoms with Gasteiger partial charge in [-0.3, -0.25) is 14.8 Å². The molecule has 7 nitrogen and oxygen atoms in total. The fraction of sp³-hybridized carbons (Fsp3) is 0.250. The van der Waals surface area contributed by atoms with Crippen molar-refractivity contribution in [2.45, 2.75) is 25.8 Å². The van der Waals surface area contributed by atoms with Crippen LogP contribution >= 0.6 is 0 Å². The highest BCUT2D eigenvalue weighted by atomic mass is 16.4. The number of nitrogens with one attached hydrogen (secondary N) is 1. The zero-order valence-corrected chi connectivity index (χ0v) is 12.6. The Morgan fingerprint density at radius 1 is 1.39 bits per heavy atom. The summed E-state index contributed by atoms with van der Waals surface area (Å²) in [5.74, 6) is -0.848. The molecule has 7 heteroatoms. The molecule has 0 radical (unpaired) electrons.